The van der Waals surface area contributed by atoms with Crippen molar-refractivity contribution >= 4 is 23.4 Å². The van der Waals surface area contributed by atoms with Crippen molar-refractivity contribution in [3.05, 3.63) is 107 Å². The molecule has 0 aliphatic carbocycles. The van der Waals surface area contributed by atoms with Crippen LogP contribution in [0.2, 0.25) is 0 Å². The van der Waals surface area contributed by atoms with Gasteiger partial charge < -0.3 is 5.32 Å². The molecule has 0 spiro atoms. The van der Waals surface area contributed by atoms with Crippen LogP contribution in [-0.4, -0.2) is 39.4 Å². The summed E-state index contributed by atoms with van der Waals surface area (Å²) in [5.41, 5.74) is 4.43. The van der Waals surface area contributed by atoms with Crippen LogP contribution in [0.15, 0.2) is 85.2 Å². The van der Waals surface area contributed by atoms with Crippen LogP contribution in [0, 0.1) is 0 Å². The lowest BCUT2D eigenvalue weighted by atomic mass is 9.98. The lowest BCUT2D eigenvalue weighted by Gasteiger charge is -2.12. The summed E-state index contributed by atoms with van der Waals surface area (Å²) in [4.78, 5) is 38.5. The summed E-state index contributed by atoms with van der Waals surface area (Å²) in [5, 5.41) is 7.08. The number of benzene rings is 3. The molecule has 2 heterocycles. The van der Waals surface area contributed by atoms with Crippen LogP contribution in [0.25, 0.3) is 11.1 Å². The number of hydrogen-bond acceptors (Lipinski definition) is 4. The summed E-state index contributed by atoms with van der Waals surface area (Å²) in [7, 11) is 1.44. The molecule has 5 rings (SSSR count). The van der Waals surface area contributed by atoms with E-state index in [4.69, 9.17) is 0 Å². The Morgan fingerprint density at radius 3 is 2.39 bits per heavy atom. The number of carbonyl (C=O) groups is 3. The fraction of sp³-hybridized carbons (Fsp3) is 0.0769. The number of fused-ring (bicyclic) bond motifs is 1. The maximum atomic E-state index is 13.1. The van der Waals surface area contributed by atoms with Gasteiger partial charge >= 0.3 is 0 Å². The van der Waals surface area contributed by atoms with Crippen LogP contribution in [0.3, 0.4) is 0 Å². The van der Waals surface area contributed by atoms with Crippen molar-refractivity contribution in [3.63, 3.8) is 0 Å². The van der Waals surface area contributed by atoms with Crippen molar-refractivity contribution in [2.45, 2.75) is 6.54 Å². The van der Waals surface area contributed by atoms with E-state index < -0.39 is 0 Å². The van der Waals surface area contributed by atoms with E-state index >= 15 is 0 Å². The first-order chi connectivity index (χ1) is 16.0. The molecule has 7 nitrogen and oxygen atoms in total. The Morgan fingerprint density at radius 1 is 0.879 bits per heavy atom. The van der Waals surface area contributed by atoms with Crippen molar-refractivity contribution in [1.82, 2.24) is 14.7 Å². The minimum absolute atomic E-state index is 0.293. The average molecular weight is 436 g/mol. The Kier molecular flexibility index (Phi) is 5.06. The zero-order valence-electron chi connectivity index (χ0n) is 17.9. The van der Waals surface area contributed by atoms with Gasteiger partial charge in [-0.3, -0.25) is 24.0 Å². The molecule has 3 aromatic carbocycles. The summed E-state index contributed by atoms with van der Waals surface area (Å²) in [6, 6.07) is 22.0. The van der Waals surface area contributed by atoms with Crippen LogP contribution < -0.4 is 5.32 Å². The van der Waals surface area contributed by atoms with Gasteiger partial charge in [0, 0.05) is 30.7 Å². The molecule has 0 saturated carbocycles. The van der Waals surface area contributed by atoms with Gasteiger partial charge in [0.25, 0.3) is 17.7 Å². The number of aromatic nitrogens is 2. The van der Waals surface area contributed by atoms with E-state index in [2.05, 4.69) is 10.4 Å². The minimum atomic E-state index is -0.373. The number of amides is 3. The SMILES string of the molecule is CN1C(=O)c2ccc(NC(=O)c3ccccc3-c3ccc(Cn4cccn4)cc3)cc2C1=O. The second-order valence-corrected chi connectivity index (χ2v) is 7.83. The van der Waals surface area contributed by atoms with Crippen LogP contribution in [0.5, 0.6) is 0 Å². The lowest BCUT2D eigenvalue weighted by Crippen LogP contribution is -2.24. The molecule has 0 atom stereocenters. The molecule has 1 aromatic heterocycles. The average Bonchev–Trinajstić information content (AvgIpc) is 3.42. The number of carbonyl (C=O) groups excluding carboxylic acids is 3. The molecule has 0 unspecified atom stereocenters. The Morgan fingerprint density at radius 2 is 1.64 bits per heavy atom. The van der Waals surface area contributed by atoms with Crippen molar-refractivity contribution in [2.75, 3.05) is 12.4 Å². The first-order valence-corrected chi connectivity index (χ1v) is 10.4. The Balaban J connectivity index is 1.39. The van der Waals surface area contributed by atoms with Crippen molar-refractivity contribution < 1.29 is 14.4 Å². The van der Waals surface area contributed by atoms with Gasteiger partial charge in [-0.05, 0) is 47.0 Å². The largest absolute Gasteiger partial charge is 0.322 e. The minimum Gasteiger partial charge on any atom is -0.322 e. The molecule has 0 fully saturated rings. The highest BCUT2D eigenvalue weighted by Crippen LogP contribution is 2.27. The van der Waals surface area contributed by atoms with Crippen LogP contribution >= 0.6 is 0 Å². The second kappa shape index (κ2) is 8.20. The number of rotatable bonds is 5. The zero-order chi connectivity index (χ0) is 22.9. The van der Waals surface area contributed by atoms with Gasteiger partial charge in [0.05, 0.1) is 17.7 Å². The monoisotopic (exact) mass is 436 g/mol. The maximum Gasteiger partial charge on any atom is 0.261 e. The molecule has 33 heavy (non-hydrogen) atoms. The molecule has 0 saturated heterocycles. The Hall–Kier alpha value is -4.52. The van der Waals surface area contributed by atoms with E-state index in [9.17, 15) is 14.4 Å². The predicted octanol–water partition coefficient (Wildman–Crippen LogP) is 4.08. The van der Waals surface area contributed by atoms with Gasteiger partial charge in [-0.15, -0.1) is 0 Å². The number of imide groups is 1. The van der Waals surface area contributed by atoms with Crippen LogP contribution in [0.1, 0.15) is 36.6 Å². The molecule has 162 valence electrons. The van der Waals surface area contributed by atoms with Crippen molar-refractivity contribution in [3.8, 4) is 11.1 Å². The molecular weight excluding hydrogens is 416 g/mol. The van der Waals surface area contributed by atoms with E-state index in [0.717, 1.165) is 21.6 Å². The fourth-order valence-corrected chi connectivity index (χ4v) is 3.94. The van der Waals surface area contributed by atoms with Crippen LogP contribution in [-0.2, 0) is 6.54 Å². The lowest BCUT2D eigenvalue weighted by molar-refractivity contribution is 0.0692. The molecule has 0 radical (unpaired) electrons. The fourth-order valence-electron chi connectivity index (χ4n) is 3.94. The van der Waals surface area contributed by atoms with E-state index in [-0.39, 0.29) is 17.7 Å². The van der Waals surface area contributed by atoms with Gasteiger partial charge in [0.15, 0.2) is 0 Å². The van der Waals surface area contributed by atoms with E-state index in [1.807, 2.05) is 59.4 Å². The summed E-state index contributed by atoms with van der Waals surface area (Å²) in [6.07, 6.45) is 3.66. The maximum absolute atomic E-state index is 13.1. The quantitative estimate of drug-likeness (QED) is 0.478. The number of hydrogen-bond donors (Lipinski definition) is 1. The highest BCUT2D eigenvalue weighted by molar-refractivity contribution is 6.21. The van der Waals surface area contributed by atoms with E-state index in [1.54, 1.807) is 30.5 Å². The van der Waals surface area contributed by atoms with E-state index in [0.29, 0.717) is 28.9 Å². The van der Waals surface area contributed by atoms with Gasteiger partial charge in [-0.1, -0.05) is 42.5 Å². The van der Waals surface area contributed by atoms with Gasteiger partial charge in [0.2, 0.25) is 0 Å². The van der Waals surface area contributed by atoms with Crippen LogP contribution in [0.4, 0.5) is 5.69 Å². The smallest absolute Gasteiger partial charge is 0.261 e. The summed E-state index contributed by atoms with van der Waals surface area (Å²) >= 11 is 0. The van der Waals surface area contributed by atoms with Crippen molar-refractivity contribution in [1.29, 1.82) is 0 Å². The molecule has 1 aliphatic heterocycles. The molecule has 0 bridgehead atoms. The van der Waals surface area contributed by atoms with Crippen molar-refractivity contribution in [2.24, 2.45) is 0 Å². The summed E-state index contributed by atoms with van der Waals surface area (Å²) in [5.74, 6) is -1.01. The summed E-state index contributed by atoms with van der Waals surface area (Å²) in [6.45, 7) is 0.671. The van der Waals surface area contributed by atoms with Gasteiger partial charge in [0.1, 0.15) is 0 Å². The normalized spacial score (nSPS) is 12.7. The highest BCUT2D eigenvalue weighted by Gasteiger charge is 2.32. The third-order valence-corrected chi connectivity index (χ3v) is 5.69. The molecule has 1 N–H and O–H groups in total. The van der Waals surface area contributed by atoms with Gasteiger partial charge in [-0.25, -0.2) is 0 Å². The molecular formula is C26H20N4O3. The third-order valence-electron chi connectivity index (χ3n) is 5.69. The first-order valence-electron chi connectivity index (χ1n) is 10.4. The number of nitrogens with one attached hydrogen (secondary N) is 1. The molecule has 4 aromatic rings. The Bertz CT molecular complexity index is 1380. The molecule has 1 aliphatic rings. The summed E-state index contributed by atoms with van der Waals surface area (Å²) < 4.78 is 1.85. The topological polar surface area (TPSA) is 84.3 Å². The first kappa shape index (κ1) is 20.4. The number of anilines is 1. The van der Waals surface area contributed by atoms with E-state index in [1.165, 1.54) is 7.05 Å². The van der Waals surface area contributed by atoms with Gasteiger partial charge in [-0.2, -0.15) is 5.10 Å². The highest BCUT2D eigenvalue weighted by atomic mass is 16.2. The third kappa shape index (κ3) is 3.80. The predicted molar refractivity (Wildman–Crippen MR) is 124 cm³/mol. The second-order valence-electron chi connectivity index (χ2n) is 7.83. The number of nitrogens with zero attached hydrogens (tertiary/aromatic N) is 3. The zero-order valence-corrected chi connectivity index (χ0v) is 17.9. The Labute approximate surface area is 190 Å². The molecule has 7 heteroatoms. The molecule has 3 amide bonds. The standard InChI is InChI=1S/C26H20N4O3/c1-29-25(32)22-12-11-19(15-23(22)26(29)33)28-24(31)21-6-3-2-5-20(21)18-9-7-17(8-10-18)16-30-14-4-13-27-30/h2-15H,16H2,1H3,(H,28,31).